The lowest BCUT2D eigenvalue weighted by atomic mass is 10.1. The average Bonchev–Trinajstić information content (AvgIpc) is 3.26. The van der Waals surface area contributed by atoms with E-state index in [4.69, 9.17) is 5.26 Å². The van der Waals surface area contributed by atoms with Gasteiger partial charge in [0.2, 0.25) is 5.95 Å². The molecule has 0 atom stereocenters. The van der Waals surface area contributed by atoms with Gasteiger partial charge in [-0.05, 0) is 70.4 Å². The fourth-order valence-corrected chi connectivity index (χ4v) is 3.33. The molecule has 0 aliphatic rings. The van der Waals surface area contributed by atoms with Crippen LogP contribution in [0.4, 0.5) is 31.9 Å². The molecule has 142 valence electrons. The molecular formula is C21H13F2N5S. The molecule has 4 aromatic rings. The van der Waals surface area contributed by atoms with Crippen molar-refractivity contribution >= 4 is 34.5 Å². The summed E-state index contributed by atoms with van der Waals surface area (Å²) < 4.78 is 29.0. The number of aromatic nitrogens is 2. The molecule has 0 spiro atoms. The van der Waals surface area contributed by atoms with Crippen LogP contribution in [0.2, 0.25) is 0 Å². The van der Waals surface area contributed by atoms with E-state index in [9.17, 15) is 8.78 Å². The molecule has 0 bridgehead atoms. The lowest BCUT2D eigenvalue weighted by Gasteiger charge is -2.11. The number of hydrogen-bond donors (Lipinski definition) is 2. The fraction of sp³-hybridized carbons (Fsp3) is 0. The Morgan fingerprint density at radius 2 is 1.69 bits per heavy atom. The van der Waals surface area contributed by atoms with Gasteiger partial charge in [-0.2, -0.15) is 21.6 Å². The maximum Gasteiger partial charge on any atom is 0.229 e. The summed E-state index contributed by atoms with van der Waals surface area (Å²) in [7, 11) is 0. The molecule has 0 unspecified atom stereocenters. The van der Waals surface area contributed by atoms with E-state index in [-0.39, 0.29) is 17.5 Å². The Labute approximate surface area is 169 Å². The van der Waals surface area contributed by atoms with Gasteiger partial charge in [0.15, 0.2) is 0 Å². The van der Waals surface area contributed by atoms with Gasteiger partial charge in [-0.15, -0.1) is 0 Å². The highest BCUT2D eigenvalue weighted by Gasteiger charge is 2.14. The number of nitriles is 1. The third-order valence-corrected chi connectivity index (χ3v) is 4.76. The second kappa shape index (κ2) is 8.04. The van der Waals surface area contributed by atoms with Crippen LogP contribution >= 0.6 is 11.3 Å². The van der Waals surface area contributed by atoms with Crippen molar-refractivity contribution in [3.05, 3.63) is 82.7 Å². The zero-order chi connectivity index (χ0) is 20.2. The van der Waals surface area contributed by atoms with Crippen LogP contribution in [-0.2, 0) is 0 Å². The summed E-state index contributed by atoms with van der Waals surface area (Å²) >= 11 is 1.46. The molecule has 0 aliphatic carbocycles. The third kappa shape index (κ3) is 4.20. The van der Waals surface area contributed by atoms with Crippen molar-refractivity contribution in [3.63, 3.8) is 0 Å². The highest BCUT2D eigenvalue weighted by Crippen LogP contribution is 2.30. The van der Waals surface area contributed by atoms with Crippen molar-refractivity contribution in [3.8, 4) is 17.2 Å². The first-order chi connectivity index (χ1) is 14.1. The van der Waals surface area contributed by atoms with E-state index in [1.807, 2.05) is 16.8 Å². The van der Waals surface area contributed by atoms with Gasteiger partial charge in [-0.1, -0.05) is 0 Å². The van der Waals surface area contributed by atoms with E-state index in [1.165, 1.54) is 35.7 Å². The summed E-state index contributed by atoms with van der Waals surface area (Å²) in [5, 5.41) is 18.2. The Hall–Kier alpha value is -3.83. The van der Waals surface area contributed by atoms with Crippen molar-refractivity contribution in [2.45, 2.75) is 0 Å². The minimum Gasteiger partial charge on any atom is -0.335 e. The lowest BCUT2D eigenvalue weighted by Crippen LogP contribution is -2.03. The SMILES string of the molecule is N#Cc1ccc(Nc2nccc(Nc3c(F)cc(-c4ccsc4)cc3F)n2)cc1. The molecule has 0 radical (unpaired) electrons. The Morgan fingerprint density at radius 1 is 0.931 bits per heavy atom. The van der Waals surface area contributed by atoms with Gasteiger partial charge in [0, 0.05) is 11.9 Å². The molecule has 0 saturated carbocycles. The molecule has 0 amide bonds. The predicted octanol–water partition coefficient (Wildman–Crippen LogP) is 5.84. The molecule has 5 nitrogen and oxygen atoms in total. The maximum absolute atomic E-state index is 14.5. The molecule has 0 aliphatic heterocycles. The number of nitrogens with one attached hydrogen (secondary N) is 2. The summed E-state index contributed by atoms with van der Waals surface area (Å²) in [4.78, 5) is 8.33. The van der Waals surface area contributed by atoms with E-state index in [0.29, 0.717) is 16.8 Å². The fourth-order valence-electron chi connectivity index (χ4n) is 2.66. The molecule has 0 saturated heterocycles. The Bertz CT molecular complexity index is 1160. The molecule has 2 N–H and O–H groups in total. The summed E-state index contributed by atoms with van der Waals surface area (Å²) in [6.07, 6.45) is 1.47. The number of benzene rings is 2. The van der Waals surface area contributed by atoms with E-state index in [1.54, 1.807) is 30.3 Å². The van der Waals surface area contributed by atoms with Gasteiger partial charge in [-0.25, -0.2) is 13.8 Å². The molecule has 2 aromatic carbocycles. The Balaban J connectivity index is 1.55. The number of anilines is 4. The summed E-state index contributed by atoms with van der Waals surface area (Å²) in [5.41, 5.74) is 2.15. The standard InChI is InChI=1S/C21H13F2N5S/c22-17-9-15(14-6-8-29-12-14)10-18(23)20(17)27-19-5-7-25-21(28-19)26-16-3-1-13(11-24)2-4-16/h1-10,12H,(H2,25,26,27,28). The van der Waals surface area contributed by atoms with Crippen LogP contribution < -0.4 is 10.6 Å². The lowest BCUT2D eigenvalue weighted by molar-refractivity contribution is 0.591. The first kappa shape index (κ1) is 18.5. The van der Waals surface area contributed by atoms with E-state index >= 15 is 0 Å². The number of hydrogen-bond acceptors (Lipinski definition) is 6. The molecule has 0 fully saturated rings. The topological polar surface area (TPSA) is 73.6 Å². The van der Waals surface area contributed by atoms with Gasteiger partial charge >= 0.3 is 0 Å². The third-order valence-electron chi connectivity index (χ3n) is 4.08. The highest BCUT2D eigenvalue weighted by molar-refractivity contribution is 7.08. The van der Waals surface area contributed by atoms with Gasteiger partial charge in [-0.3, -0.25) is 0 Å². The van der Waals surface area contributed by atoms with Crippen molar-refractivity contribution in [1.29, 1.82) is 5.26 Å². The maximum atomic E-state index is 14.5. The van der Waals surface area contributed by atoms with E-state index in [2.05, 4.69) is 20.6 Å². The molecule has 2 heterocycles. The first-order valence-electron chi connectivity index (χ1n) is 8.51. The molecule has 29 heavy (non-hydrogen) atoms. The summed E-state index contributed by atoms with van der Waals surface area (Å²) in [5.74, 6) is -0.953. The van der Waals surface area contributed by atoms with Crippen LogP contribution in [0.1, 0.15) is 5.56 Å². The second-order valence-electron chi connectivity index (χ2n) is 6.03. The van der Waals surface area contributed by atoms with E-state index < -0.39 is 11.6 Å². The zero-order valence-electron chi connectivity index (χ0n) is 14.9. The quantitative estimate of drug-likeness (QED) is 0.436. The van der Waals surface area contributed by atoms with Crippen molar-refractivity contribution in [1.82, 2.24) is 9.97 Å². The van der Waals surface area contributed by atoms with Crippen LogP contribution in [0.5, 0.6) is 0 Å². The number of thiophene rings is 1. The monoisotopic (exact) mass is 405 g/mol. The first-order valence-corrected chi connectivity index (χ1v) is 9.45. The largest absolute Gasteiger partial charge is 0.335 e. The normalized spacial score (nSPS) is 10.4. The molecular weight excluding hydrogens is 392 g/mol. The second-order valence-corrected chi connectivity index (χ2v) is 6.81. The van der Waals surface area contributed by atoms with Crippen LogP contribution in [0.3, 0.4) is 0 Å². The Kier molecular flexibility index (Phi) is 5.14. The zero-order valence-corrected chi connectivity index (χ0v) is 15.7. The number of nitrogens with zero attached hydrogens (tertiary/aromatic N) is 3. The molecule has 2 aromatic heterocycles. The molecule has 4 rings (SSSR count). The van der Waals surface area contributed by atoms with E-state index in [0.717, 1.165) is 5.56 Å². The minimum atomic E-state index is -0.716. The van der Waals surface area contributed by atoms with Crippen LogP contribution in [0.25, 0.3) is 11.1 Å². The minimum absolute atomic E-state index is 0.234. The smallest absolute Gasteiger partial charge is 0.229 e. The number of halogens is 2. The van der Waals surface area contributed by atoms with Gasteiger partial charge < -0.3 is 10.6 Å². The summed E-state index contributed by atoms with van der Waals surface area (Å²) in [6.45, 7) is 0. The van der Waals surface area contributed by atoms with Gasteiger partial charge in [0.1, 0.15) is 23.1 Å². The van der Waals surface area contributed by atoms with Gasteiger partial charge in [0.25, 0.3) is 0 Å². The highest BCUT2D eigenvalue weighted by atomic mass is 32.1. The average molecular weight is 405 g/mol. The van der Waals surface area contributed by atoms with Crippen molar-refractivity contribution < 1.29 is 8.78 Å². The van der Waals surface area contributed by atoms with Crippen molar-refractivity contribution in [2.24, 2.45) is 0 Å². The van der Waals surface area contributed by atoms with Gasteiger partial charge in [0.05, 0.1) is 11.6 Å². The van der Waals surface area contributed by atoms with Crippen LogP contribution in [0.15, 0.2) is 65.5 Å². The number of rotatable bonds is 5. The van der Waals surface area contributed by atoms with Crippen LogP contribution in [-0.4, -0.2) is 9.97 Å². The Morgan fingerprint density at radius 3 is 2.34 bits per heavy atom. The molecule has 8 heteroatoms. The predicted molar refractivity (Wildman–Crippen MR) is 109 cm³/mol. The van der Waals surface area contributed by atoms with Crippen LogP contribution in [0, 0.1) is 23.0 Å². The van der Waals surface area contributed by atoms with Crippen molar-refractivity contribution in [2.75, 3.05) is 10.6 Å². The summed E-state index contributed by atoms with van der Waals surface area (Å²) in [6, 6.07) is 14.7.